The van der Waals surface area contributed by atoms with Gasteiger partial charge in [-0.15, -0.1) is 0 Å². The predicted molar refractivity (Wildman–Crippen MR) is 111 cm³/mol. The summed E-state index contributed by atoms with van der Waals surface area (Å²) < 4.78 is 66.4. The number of halogens is 4. The van der Waals surface area contributed by atoms with E-state index < -0.39 is 35.3 Å². The lowest BCUT2D eigenvalue weighted by atomic mass is 9.75. The third-order valence-corrected chi connectivity index (χ3v) is 5.84. The highest BCUT2D eigenvalue weighted by Gasteiger charge is 2.41. The summed E-state index contributed by atoms with van der Waals surface area (Å²) in [5, 5.41) is 6.23. The summed E-state index contributed by atoms with van der Waals surface area (Å²) in [7, 11) is 1.35. The van der Waals surface area contributed by atoms with Crippen LogP contribution in [0.5, 0.6) is 5.88 Å². The SMILES string of the molecule is COc1cc(C(=O)Nc2c(-c3cc(F)ccc3F)ccnc2[C@@H]2CCC(F)(F)C[C@H]2C)on1. The number of alkyl halides is 2. The molecule has 3 aromatic rings. The normalized spacial score (nSPS) is 19.8. The number of methoxy groups -OCH3 is 1. The van der Waals surface area contributed by atoms with E-state index in [2.05, 4.69) is 15.5 Å². The summed E-state index contributed by atoms with van der Waals surface area (Å²) in [5.74, 6) is -5.91. The third-order valence-electron chi connectivity index (χ3n) is 5.84. The minimum atomic E-state index is -2.79. The minimum Gasteiger partial charge on any atom is -0.479 e. The Balaban J connectivity index is 1.81. The quantitative estimate of drug-likeness (QED) is 0.483. The van der Waals surface area contributed by atoms with Crippen LogP contribution in [0.3, 0.4) is 0 Å². The Labute approximate surface area is 186 Å². The molecule has 1 aromatic carbocycles. The molecular formula is C23H21F4N3O3. The van der Waals surface area contributed by atoms with Crippen molar-refractivity contribution in [2.75, 3.05) is 12.4 Å². The van der Waals surface area contributed by atoms with E-state index in [4.69, 9.17) is 9.26 Å². The van der Waals surface area contributed by atoms with Crippen LogP contribution in [-0.2, 0) is 0 Å². The number of benzene rings is 1. The highest BCUT2D eigenvalue weighted by Crippen LogP contribution is 2.47. The monoisotopic (exact) mass is 463 g/mol. The molecule has 0 bridgehead atoms. The first kappa shape index (κ1) is 22.8. The highest BCUT2D eigenvalue weighted by atomic mass is 19.3. The number of rotatable bonds is 5. The predicted octanol–water partition coefficient (Wildman–Crippen LogP) is 5.81. The maximum atomic E-state index is 14.7. The smallest absolute Gasteiger partial charge is 0.294 e. The number of nitrogens with zero attached hydrogens (tertiary/aromatic N) is 2. The van der Waals surface area contributed by atoms with Crippen molar-refractivity contribution in [1.82, 2.24) is 10.1 Å². The molecule has 33 heavy (non-hydrogen) atoms. The number of carbonyl (C=O) groups excluding carboxylic acids is 1. The fourth-order valence-electron chi connectivity index (χ4n) is 4.23. The van der Waals surface area contributed by atoms with Gasteiger partial charge in [0, 0.05) is 36.1 Å². The fraction of sp³-hybridized carbons (Fsp3) is 0.348. The van der Waals surface area contributed by atoms with Crippen LogP contribution < -0.4 is 10.1 Å². The highest BCUT2D eigenvalue weighted by molar-refractivity contribution is 6.05. The van der Waals surface area contributed by atoms with Crippen molar-refractivity contribution in [2.45, 2.75) is 38.0 Å². The van der Waals surface area contributed by atoms with E-state index in [1.807, 2.05) is 0 Å². The largest absolute Gasteiger partial charge is 0.479 e. The van der Waals surface area contributed by atoms with E-state index in [-0.39, 0.29) is 47.7 Å². The Kier molecular flexibility index (Phi) is 6.09. The van der Waals surface area contributed by atoms with Crippen molar-refractivity contribution < 1.29 is 31.6 Å². The molecule has 1 N–H and O–H groups in total. The Bertz CT molecular complexity index is 1180. The lowest BCUT2D eigenvalue weighted by Crippen LogP contribution is -2.31. The zero-order valence-corrected chi connectivity index (χ0v) is 17.9. The molecule has 1 amide bonds. The first-order chi connectivity index (χ1) is 15.7. The van der Waals surface area contributed by atoms with Crippen LogP contribution in [0, 0.1) is 17.6 Å². The Morgan fingerprint density at radius 3 is 2.70 bits per heavy atom. The molecule has 2 atom stereocenters. The van der Waals surface area contributed by atoms with E-state index in [1.165, 1.54) is 25.4 Å². The molecule has 0 unspecified atom stereocenters. The maximum Gasteiger partial charge on any atom is 0.294 e. The molecule has 2 aromatic heterocycles. The number of anilines is 1. The molecule has 0 saturated heterocycles. The molecule has 174 valence electrons. The summed E-state index contributed by atoms with van der Waals surface area (Å²) in [5.41, 5.74) is 0.489. The third kappa shape index (κ3) is 4.69. The number of amides is 1. The number of hydrogen-bond donors (Lipinski definition) is 1. The molecular weight excluding hydrogens is 442 g/mol. The first-order valence-electron chi connectivity index (χ1n) is 10.3. The molecule has 1 aliphatic carbocycles. The summed E-state index contributed by atoms with van der Waals surface area (Å²) >= 11 is 0. The van der Waals surface area contributed by atoms with Gasteiger partial charge in [0.2, 0.25) is 11.7 Å². The zero-order chi connectivity index (χ0) is 23.8. The van der Waals surface area contributed by atoms with Crippen molar-refractivity contribution in [1.29, 1.82) is 0 Å². The van der Waals surface area contributed by atoms with Gasteiger partial charge in [-0.05, 0) is 41.8 Å². The molecule has 1 fully saturated rings. The van der Waals surface area contributed by atoms with Crippen molar-refractivity contribution in [2.24, 2.45) is 5.92 Å². The van der Waals surface area contributed by atoms with Crippen molar-refractivity contribution in [3.05, 3.63) is 59.6 Å². The number of pyridine rings is 1. The van der Waals surface area contributed by atoms with Gasteiger partial charge < -0.3 is 14.6 Å². The molecule has 0 aliphatic heterocycles. The summed E-state index contributed by atoms with van der Waals surface area (Å²) in [6.45, 7) is 1.68. The Morgan fingerprint density at radius 2 is 2.00 bits per heavy atom. The van der Waals surface area contributed by atoms with Gasteiger partial charge in [0.15, 0.2) is 0 Å². The lowest BCUT2D eigenvalue weighted by Gasteiger charge is -2.34. The van der Waals surface area contributed by atoms with E-state index in [1.54, 1.807) is 6.92 Å². The number of carbonyl (C=O) groups is 1. The molecule has 0 spiro atoms. The molecule has 0 radical (unpaired) electrons. The minimum absolute atomic E-state index is 0.0751. The zero-order valence-electron chi connectivity index (χ0n) is 17.9. The van der Waals surface area contributed by atoms with Crippen LogP contribution in [0.15, 0.2) is 41.1 Å². The van der Waals surface area contributed by atoms with Crippen LogP contribution in [-0.4, -0.2) is 29.1 Å². The van der Waals surface area contributed by atoms with E-state index >= 15 is 0 Å². The van der Waals surface area contributed by atoms with E-state index in [0.29, 0.717) is 5.69 Å². The summed E-state index contributed by atoms with van der Waals surface area (Å²) in [6, 6.07) is 5.64. The second-order valence-corrected chi connectivity index (χ2v) is 8.11. The van der Waals surface area contributed by atoms with Gasteiger partial charge in [-0.25, -0.2) is 17.6 Å². The van der Waals surface area contributed by atoms with Gasteiger partial charge in [0.05, 0.1) is 24.6 Å². The van der Waals surface area contributed by atoms with Crippen LogP contribution in [0.2, 0.25) is 0 Å². The number of ether oxygens (including phenoxy) is 1. The van der Waals surface area contributed by atoms with E-state index in [9.17, 15) is 22.4 Å². The summed E-state index contributed by atoms with van der Waals surface area (Å²) in [6.07, 6.45) is 0.830. The van der Waals surface area contributed by atoms with Crippen LogP contribution in [0.25, 0.3) is 11.1 Å². The fourth-order valence-corrected chi connectivity index (χ4v) is 4.23. The van der Waals surface area contributed by atoms with Crippen LogP contribution >= 0.6 is 0 Å². The van der Waals surface area contributed by atoms with Crippen LogP contribution in [0.1, 0.15) is 48.4 Å². The topological polar surface area (TPSA) is 77.2 Å². The van der Waals surface area contributed by atoms with Crippen molar-refractivity contribution in [3.8, 4) is 17.0 Å². The van der Waals surface area contributed by atoms with Gasteiger partial charge in [-0.2, -0.15) is 0 Å². The number of aromatic nitrogens is 2. The Hall–Kier alpha value is -3.43. The molecule has 6 nitrogen and oxygen atoms in total. The maximum absolute atomic E-state index is 14.7. The van der Waals surface area contributed by atoms with Gasteiger partial charge in [0.25, 0.3) is 11.8 Å². The Morgan fingerprint density at radius 1 is 1.21 bits per heavy atom. The number of hydrogen-bond acceptors (Lipinski definition) is 5. The van der Waals surface area contributed by atoms with Crippen molar-refractivity contribution >= 4 is 11.6 Å². The van der Waals surface area contributed by atoms with Gasteiger partial charge in [-0.3, -0.25) is 9.78 Å². The number of nitrogens with one attached hydrogen (secondary N) is 1. The average Bonchev–Trinajstić information content (AvgIpc) is 3.25. The molecule has 4 rings (SSSR count). The standard InChI is InChI=1S/C23H21F4N3O3/c1-12-11-23(26,27)7-5-14(12)20-21(29-22(31)18-10-19(32-2)30-33-18)15(6-8-28-20)16-9-13(24)3-4-17(16)25/h3-4,6,8-10,12,14H,5,7,11H2,1-2H3,(H,29,31)/t12-,14-/m1/s1. The van der Waals surface area contributed by atoms with Gasteiger partial charge in [0.1, 0.15) is 11.6 Å². The average molecular weight is 463 g/mol. The van der Waals surface area contributed by atoms with Crippen molar-refractivity contribution in [3.63, 3.8) is 0 Å². The second-order valence-electron chi connectivity index (χ2n) is 8.11. The summed E-state index contributed by atoms with van der Waals surface area (Å²) in [4.78, 5) is 17.2. The molecule has 2 heterocycles. The molecule has 1 saturated carbocycles. The molecule has 1 aliphatic rings. The van der Waals surface area contributed by atoms with Gasteiger partial charge in [-0.1, -0.05) is 6.92 Å². The van der Waals surface area contributed by atoms with Crippen LogP contribution in [0.4, 0.5) is 23.2 Å². The lowest BCUT2D eigenvalue weighted by molar-refractivity contribution is -0.0558. The van der Waals surface area contributed by atoms with E-state index in [0.717, 1.165) is 18.2 Å². The first-order valence-corrected chi connectivity index (χ1v) is 10.3. The van der Waals surface area contributed by atoms with Gasteiger partial charge >= 0.3 is 0 Å². The molecule has 10 heteroatoms. The second kappa shape index (κ2) is 8.84.